The van der Waals surface area contributed by atoms with Crippen molar-refractivity contribution in [1.29, 1.82) is 0 Å². The first-order chi connectivity index (χ1) is 9.78. The lowest BCUT2D eigenvalue weighted by molar-refractivity contribution is 0.392. The van der Waals surface area contributed by atoms with Crippen molar-refractivity contribution in [1.82, 2.24) is 20.2 Å². The summed E-state index contributed by atoms with van der Waals surface area (Å²) >= 11 is 6.30. The van der Waals surface area contributed by atoms with Gasteiger partial charge in [-0.15, -0.1) is 10.2 Å². The second-order valence-corrected chi connectivity index (χ2v) is 5.14. The van der Waals surface area contributed by atoms with E-state index in [1.165, 1.54) is 6.42 Å². The third kappa shape index (κ3) is 2.58. The van der Waals surface area contributed by atoms with E-state index < -0.39 is 0 Å². The van der Waals surface area contributed by atoms with Gasteiger partial charge in [-0.2, -0.15) is 0 Å². The molecule has 0 aromatic carbocycles. The van der Waals surface area contributed by atoms with Crippen LogP contribution in [0.2, 0.25) is 5.15 Å². The molecule has 0 N–H and O–H groups in total. The highest BCUT2D eigenvalue weighted by Crippen LogP contribution is 2.27. The molecule has 1 aliphatic rings. The molecule has 2 heterocycles. The monoisotopic (exact) mass is 290 g/mol. The molecule has 0 aliphatic heterocycles. The Balaban J connectivity index is 2.01. The number of halogens is 1. The molecule has 0 bridgehead atoms. The van der Waals surface area contributed by atoms with Crippen LogP contribution in [0.3, 0.4) is 0 Å². The van der Waals surface area contributed by atoms with E-state index in [0.717, 1.165) is 36.9 Å². The SMILES string of the molecule is COc1ccc(-c2nc(Cl)c3c(n2)CCCCC3)nn1. The zero-order valence-electron chi connectivity index (χ0n) is 11.3. The van der Waals surface area contributed by atoms with E-state index in [1.54, 1.807) is 19.2 Å². The largest absolute Gasteiger partial charge is 0.480 e. The van der Waals surface area contributed by atoms with Crippen LogP contribution in [0.15, 0.2) is 12.1 Å². The highest BCUT2D eigenvalue weighted by Gasteiger charge is 2.17. The van der Waals surface area contributed by atoms with Gasteiger partial charge in [-0.1, -0.05) is 18.0 Å². The maximum absolute atomic E-state index is 6.30. The minimum Gasteiger partial charge on any atom is -0.480 e. The van der Waals surface area contributed by atoms with Gasteiger partial charge in [0, 0.05) is 17.3 Å². The summed E-state index contributed by atoms with van der Waals surface area (Å²) < 4.78 is 5.00. The van der Waals surface area contributed by atoms with Crippen LogP contribution in [0, 0.1) is 0 Å². The van der Waals surface area contributed by atoms with Crippen molar-refractivity contribution in [3.8, 4) is 17.4 Å². The standard InChI is InChI=1S/C14H15ClN4O/c1-20-12-8-7-11(18-19-12)14-16-10-6-4-2-3-5-9(10)13(15)17-14/h7-8H,2-6H2,1H3. The first-order valence-electron chi connectivity index (χ1n) is 6.71. The lowest BCUT2D eigenvalue weighted by Gasteiger charge is -2.09. The number of nitrogens with zero attached hydrogens (tertiary/aromatic N) is 4. The lowest BCUT2D eigenvalue weighted by Crippen LogP contribution is -2.03. The van der Waals surface area contributed by atoms with Gasteiger partial charge in [0.1, 0.15) is 10.8 Å². The normalized spacial score (nSPS) is 14.5. The van der Waals surface area contributed by atoms with Gasteiger partial charge in [0.25, 0.3) is 0 Å². The molecule has 0 radical (unpaired) electrons. The molecule has 2 aromatic heterocycles. The molecule has 0 saturated heterocycles. The Labute approximate surface area is 122 Å². The molecule has 6 heteroatoms. The maximum atomic E-state index is 6.30. The van der Waals surface area contributed by atoms with E-state index in [0.29, 0.717) is 22.6 Å². The Morgan fingerprint density at radius 3 is 2.65 bits per heavy atom. The average Bonchev–Trinajstić information content (AvgIpc) is 2.73. The lowest BCUT2D eigenvalue weighted by atomic mass is 10.1. The van der Waals surface area contributed by atoms with Crippen molar-refractivity contribution in [2.75, 3.05) is 7.11 Å². The molecule has 1 aliphatic carbocycles. The second-order valence-electron chi connectivity index (χ2n) is 4.78. The van der Waals surface area contributed by atoms with Crippen molar-refractivity contribution in [2.24, 2.45) is 0 Å². The van der Waals surface area contributed by atoms with Gasteiger partial charge in [-0.3, -0.25) is 0 Å². The fraction of sp³-hybridized carbons (Fsp3) is 0.429. The zero-order chi connectivity index (χ0) is 13.9. The third-order valence-corrected chi connectivity index (χ3v) is 3.77. The van der Waals surface area contributed by atoms with E-state index in [2.05, 4.69) is 20.2 Å². The Hall–Kier alpha value is -1.75. The predicted octanol–water partition coefficient (Wildman–Crippen LogP) is 2.86. The summed E-state index contributed by atoms with van der Waals surface area (Å²) in [5, 5.41) is 8.56. The van der Waals surface area contributed by atoms with E-state index in [4.69, 9.17) is 16.3 Å². The van der Waals surface area contributed by atoms with Crippen LogP contribution >= 0.6 is 11.6 Å². The predicted molar refractivity (Wildman–Crippen MR) is 75.9 cm³/mol. The van der Waals surface area contributed by atoms with Crippen LogP contribution in [0.1, 0.15) is 30.5 Å². The quantitative estimate of drug-likeness (QED) is 0.629. The van der Waals surface area contributed by atoms with Crippen LogP contribution in [-0.2, 0) is 12.8 Å². The number of rotatable bonds is 2. The minimum atomic E-state index is 0.467. The van der Waals surface area contributed by atoms with E-state index >= 15 is 0 Å². The highest BCUT2D eigenvalue weighted by atomic mass is 35.5. The van der Waals surface area contributed by atoms with Crippen molar-refractivity contribution < 1.29 is 4.74 Å². The Morgan fingerprint density at radius 2 is 1.90 bits per heavy atom. The molecule has 20 heavy (non-hydrogen) atoms. The van der Waals surface area contributed by atoms with Crippen molar-refractivity contribution >= 4 is 11.6 Å². The molecule has 0 unspecified atom stereocenters. The Kier molecular flexibility index (Phi) is 3.78. The van der Waals surface area contributed by atoms with Crippen LogP contribution in [0.5, 0.6) is 5.88 Å². The van der Waals surface area contributed by atoms with Crippen LogP contribution < -0.4 is 4.74 Å². The molecule has 0 spiro atoms. The first kappa shape index (κ1) is 13.2. The molecule has 0 amide bonds. The van der Waals surface area contributed by atoms with E-state index in [-0.39, 0.29) is 0 Å². The minimum absolute atomic E-state index is 0.467. The molecule has 2 aromatic rings. The summed E-state index contributed by atoms with van der Waals surface area (Å²) in [6.45, 7) is 0. The van der Waals surface area contributed by atoms with Crippen molar-refractivity contribution in [2.45, 2.75) is 32.1 Å². The second kappa shape index (κ2) is 5.71. The molecule has 0 fully saturated rings. The van der Waals surface area contributed by atoms with Crippen LogP contribution in [0.4, 0.5) is 0 Å². The number of hydrogen-bond acceptors (Lipinski definition) is 5. The average molecular weight is 291 g/mol. The maximum Gasteiger partial charge on any atom is 0.233 e. The van der Waals surface area contributed by atoms with Gasteiger partial charge in [-0.25, -0.2) is 9.97 Å². The molecule has 3 rings (SSSR count). The first-order valence-corrected chi connectivity index (χ1v) is 7.09. The summed E-state index contributed by atoms with van der Waals surface area (Å²) in [7, 11) is 1.56. The summed E-state index contributed by atoms with van der Waals surface area (Å²) in [4.78, 5) is 8.99. The number of aromatic nitrogens is 4. The summed E-state index contributed by atoms with van der Waals surface area (Å²) in [6, 6.07) is 3.53. The number of hydrogen-bond donors (Lipinski definition) is 0. The van der Waals surface area contributed by atoms with E-state index in [9.17, 15) is 0 Å². The summed E-state index contributed by atoms with van der Waals surface area (Å²) in [5.74, 6) is 1.00. The number of fused-ring (bicyclic) bond motifs is 1. The number of aryl methyl sites for hydroxylation is 1. The van der Waals surface area contributed by atoms with Gasteiger partial charge in [0.2, 0.25) is 5.88 Å². The summed E-state index contributed by atoms with van der Waals surface area (Å²) in [6.07, 6.45) is 5.42. The molecular formula is C14H15ClN4O. The fourth-order valence-electron chi connectivity index (χ4n) is 2.39. The van der Waals surface area contributed by atoms with Gasteiger partial charge in [-0.05, 0) is 31.7 Å². The molecular weight excluding hydrogens is 276 g/mol. The van der Waals surface area contributed by atoms with Crippen molar-refractivity contribution in [3.63, 3.8) is 0 Å². The van der Waals surface area contributed by atoms with Crippen LogP contribution in [-0.4, -0.2) is 27.3 Å². The van der Waals surface area contributed by atoms with Gasteiger partial charge >= 0.3 is 0 Å². The third-order valence-electron chi connectivity index (χ3n) is 3.46. The van der Waals surface area contributed by atoms with Crippen LogP contribution in [0.25, 0.3) is 11.5 Å². The fourth-order valence-corrected chi connectivity index (χ4v) is 2.67. The van der Waals surface area contributed by atoms with Crippen molar-refractivity contribution in [3.05, 3.63) is 28.5 Å². The molecule has 0 atom stereocenters. The van der Waals surface area contributed by atoms with Gasteiger partial charge in [0.15, 0.2) is 5.82 Å². The highest BCUT2D eigenvalue weighted by molar-refractivity contribution is 6.30. The number of methoxy groups -OCH3 is 1. The topological polar surface area (TPSA) is 60.8 Å². The summed E-state index contributed by atoms with van der Waals surface area (Å²) in [5.41, 5.74) is 2.75. The zero-order valence-corrected chi connectivity index (χ0v) is 12.0. The molecule has 5 nitrogen and oxygen atoms in total. The molecule has 0 saturated carbocycles. The Morgan fingerprint density at radius 1 is 1.05 bits per heavy atom. The smallest absolute Gasteiger partial charge is 0.233 e. The number of ether oxygens (including phenoxy) is 1. The van der Waals surface area contributed by atoms with Gasteiger partial charge in [0.05, 0.1) is 7.11 Å². The van der Waals surface area contributed by atoms with E-state index in [1.807, 2.05) is 0 Å². The Bertz CT molecular complexity index is 615. The molecule has 104 valence electrons. The van der Waals surface area contributed by atoms with Gasteiger partial charge < -0.3 is 4.74 Å².